The highest BCUT2D eigenvalue weighted by Crippen LogP contribution is 2.28. The molecule has 3 aromatic rings. The first-order valence-electron chi connectivity index (χ1n) is 10.4. The van der Waals surface area contributed by atoms with Gasteiger partial charge in [-0.1, -0.05) is 52.4 Å². The average Bonchev–Trinajstić information content (AvgIpc) is 3.22. The highest BCUT2D eigenvalue weighted by atomic mass is 79.9. The zero-order chi connectivity index (χ0) is 23.1. The summed E-state index contributed by atoms with van der Waals surface area (Å²) in [5.74, 6) is -0.206. The molecular formula is C23H26BrN5O2S. The van der Waals surface area contributed by atoms with E-state index in [4.69, 9.17) is 0 Å². The summed E-state index contributed by atoms with van der Waals surface area (Å²) in [6.07, 6.45) is 0.973. The summed E-state index contributed by atoms with van der Waals surface area (Å²) in [5.41, 5.74) is 3.96. The van der Waals surface area contributed by atoms with E-state index in [9.17, 15) is 9.59 Å². The minimum absolute atomic E-state index is 0.173. The Labute approximate surface area is 200 Å². The van der Waals surface area contributed by atoms with Gasteiger partial charge in [-0.2, -0.15) is 0 Å². The lowest BCUT2D eigenvalue weighted by Crippen LogP contribution is -2.37. The number of rotatable bonds is 8. The standard InChI is InChI=1S/C23H26BrN5O2S/c1-4-11-29(23(31)25-19-9-8-15(2)16(3)13-19)12-10-20(30)26-22-28-27-21(32-22)17-6-5-7-18(24)14-17/h5-9,13-14H,4,10-12H2,1-3H3,(H,25,31)(H,26,28,30). The third-order valence-corrected chi connectivity index (χ3v) is 6.27. The number of carbonyl (C=O) groups is 2. The lowest BCUT2D eigenvalue weighted by molar-refractivity contribution is -0.116. The van der Waals surface area contributed by atoms with E-state index in [1.54, 1.807) is 4.90 Å². The molecule has 0 aliphatic heterocycles. The fourth-order valence-electron chi connectivity index (χ4n) is 3.04. The molecule has 9 heteroatoms. The second-order valence-electron chi connectivity index (χ2n) is 7.44. The zero-order valence-corrected chi connectivity index (χ0v) is 20.7. The highest BCUT2D eigenvalue weighted by molar-refractivity contribution is 9.10. The molecule has 2 aromatic carbocycles. The van der Waals surface area contributed by atoms with E-state index in [0.717, 1.165) is 32.7 Å². The molecule has 0 radical (unpaired) electrons. The molecule has 0 bridgehead atoms. The molecular weight excluding hydrogens is 490 g/mol. The van der Waals surface area contributed by atoms with Gasteiger partial charge in [0, 0.05) is 35.2 Å². The normalized spacial score (nSPS) is 10.6. The number of aryl methyl sites for hydroxylation is 2. The van der Waals surface area contributed by atoms with Crippen LogP contribution in [0.25, 0.3) is 10.6 Å². The first kappa shape index (κ1) is 23.9. The Kier molecular flexibility index (Phi) is 8.35. The van der Waals surface area contributed by atoms with Crippen LogP contribution in [0.3, 0.4) is 0 Å². The second kappa shape index (κ2) is 11.2. The van der Waals surface area contributed by atoms with Crippen LogP contribution in [0.15, 0.2) is 46.9 Å². The minimum Gasteiger partial charge on any atom is -0.324 e. The number of hydrogen-bond donors (Lipinski definition) is 2. The summed E-state index contributed by atoms with van der Waals surface area (Å²) in [4.78, 5) is 26.8. The largest absolute Gasteiger partial charge is 0.324 e. The summed E-state index contributed by atoms with van der Waals surface area (Å²) in [5, 5.41) is 15.1. The quantitative estimate of drug-likeness (QED) is 0.393. The molecule has 1 heterocycles. The van der Waals surface area contributed by atoms with Crippen LogP contribution in [0.5, 0.6) is 0 Å². The fourth-order valence-corrected chi connectivity index (χ4v) is 4.19. The minimum atomic E-state index is -0.212. The van der Waals surface area contributed by atoms with Crippen molar-refractivity contribution >= 4 is 50.0 Å². The maximum atomic E-state index is 12.7. The summed E-state index contributed by atoms with van der Waals surface area (Å²) in [6, 6.07) is 13.3. The van der Waals surface area contributed by atoms with Gasteiger partial charge in [0.1, 0.15) is 5.01 Å². The van der Waals surface area contributed by atoms with Gasteiger partial charge in [-0.25, -0.2) is 4.79 Å². The van der Waals surface area contributed by atoms with Crippen molar-refractivity contribution in [3.63, 3.8) is 0 Å². The van der Waals surface area contributed by atoms with E-state index in [1.165, 1.54) is 16.9 Å². The number of benzene rings is 2. The molecule has 3 rings (SSSR count). The molecule has 1 aromatic heterocycles. The van der Waals surface area contributed by atoms with Gasteiger partial charge in [0.15, 0.2) is 0 Å². The van der Waals surface area contributed by atoms with Crippen LogP contribution < -0.4 is 10.6 Å². The van der Waals surface area contributed by atoms with Gasteiger partial charge in [0.2, 0.25) is 11.0 Å². The molecule has 0 fully saturated rings. The van der Waals surface area contributed by atoms with Crippen LogP contribution in [0.4, 0.5) is 15.6 Å². The molecule has 3 amide bonds. The monoisotopic (exact) mass is 515 g/mol. The number of halogens is 1. The van der Waals surface area contributed by atoms with Crippen molar-refractivity contribution in [1.82, 2.24) is 15.1 Å². The molecule has 7 nitrogen and oxygen atoms in total. The predicted molar refractivity (Wildman–Crippen MR) is 133 cm³/mol. The van der Waals surface area contributed by atoms with Gasteiger partial charge in [-0.05, 0) is 55.7 Å². The Morgan fingerprint density at radius 3 is 2.56 bits per heavy atom. The van der Waals surface area contributed by atoms with E-state index in [0.29, 0.717) is 18.2 Å². The number of nitrogens with zero attached hydrogens (tertiary/aromatic N) is 3. The average molecular weight is 516 g/mol. The number of carbonyl (C=O) groups excluding carboxylic acids is 2. The van der Waals surface area contributed by atoms with Gasteiger partial charge < -0.3 is 15.5 Å². The third-order valence-electron chi connectivity index (χ3n) is 4.89. The van der Waals surface area contributed by atoms with Gasteiger partial charge in [0.05, 0.1) is 0 Å². The predicted octanol–water partition coefficient (Wildman–Crippen LogP) is 5.86. The first-order chi connectivity index (χ1) is 15.4. The van der Waals surface area contributed by atoms with Crippen molar-refractivity contribution in [2.24, 2.45) is 0 Å². The van der Waals surface area contributed by atoms with Crippen molar-refractivity contribution in [3.8, 4) is 10.6 Å². The third kappa shape index (κ3) is 6.61. The maximum Gasteiger partial charge on any atom is 0.321 e. The van der Waals surface area contributed by atoms with Crippen LogP contribution in [0.1, 0.15) is 30.9 Å². The Hall–Kier alpha value is -2.78. The topological polar surface area (TPSA) is 87.2 Å². The van der Waals surface area contributed by atoms with E-state index in [1.807, 2.05) is 63.2 Å². The van der Waals surface area contributed by atoms with Crippen LogP contribution >= 0.6 is 27.3 Å². The Bertz CT molecular complexity index is 1100. The Balaban J connectivity index is 1.55. The van der Waals surface area contributed by atoms with Gasteiger partial charge in [-0.15, -0.1) is 10.2 Å². The van der Waals surface area contributed by atoms with Crippen LogP contribution in [0, 0.1) is 13.8 Å². The van der Waals surface area contributed by atoms with Crippen LogP contribution in [-0.4, -0.2) is 40.1 Å². The molecule has 2 N–H and O–H groups in total. The summed E-state index contributed by atoms with van der Waals surface area (Å²) >= 11 is 4.75. The van der Waals surface area contributed by atoms with Crippen LogP contribution in [-0.2, 0) is 4.79 Å². The van der Waals surface area contributed by atoms with E-state index >= 15 is 0 Å². The second-order valence-corrected chi connectivity index (χ2v) is 9.33. The van der Waals surface area contributed by atoms with Gasteiger partial charge >= 0.3 is 6.03 Å². The molecule has 0 aliphatic rings. The molecule has 168 valence electrons. The number of nitrogens with one attached hydrogen (secondary N) is 2. The summed E-state index contributed by atoms with van der Waals surface area (Å²) < 4.78 is 0.950. The van der Waals surface area contributed by atoms with Crippen LogP contribution in [0.2, 0.25) is 0 Å². The number of hydrogen-bond acceptors (Lipinski definition) is 5. The molecule has 0 unspecified atom stereocenters. The summed E-state index contributed by atoms with van der Waals surface area (Å²) in [7, 11) is 0. The first-order valence-corrected chi connectivity index (χ1v) is 12.0. The molecule has 0 atom stereocenters. The van der Waals surface area contributed by atoms with E-state index in [-0.39, 0.29) is 18.4 Å². The number of urea groups is 1. The summed E-state index contributed by atoms with van der Waals surface area (Å²) in [6.45, 7) is 6.92. The number of aromatic nitrogens is 2. The SMILES string of the molecule is CCCN(CCC(=O)Nc1nnc(-c2cccc(Br)c2)s1)C(=O)Nc1ccc(C)c(C)c1. The van der Waals surface area contributed by atoms with E-state index < -0.39 is 0 Å². The van der Waals surface area contributed by atoms with Crippen molar-refractivity contribution in [1.29, 1.82) is 0 Å². The Morgan fingerprint density at radius 2 is 1.84 bits per heavy atom. The van der Waals surface area contributed by atoms with Crippen molar-refractivity contribution in [3.05, 3.63) is 58.1 Å². The van der Waals surface area contributed by atoms with Crippen molar-refractivity contribution in [2.75, 3.05) is 23.7 Å². The molecule has 0 saturated carbocycles. The van der Waals surface area contributed by atoms with Gasteiger partial charge in [-0.3, -0.25) is 4.79 Å². The molecule has 0 aliphatic carbocycles. The number of amides is 3. The smallest absolute Gasteiger partial charge is 0.321 e. The lowest BCUT2D eigenvalue weighted by Gasteiger charge is -2.22. The lowest BCUT2D eigenvalue weighted by atomic mass is 10.1. The highest BCUT2D eigenvalue weighted by Gasteiger charge is 2.16. The van der Waals surface area contributed by atoms with E-state index in [2.05, 4.69) is 36.8 Å². The zero-order valence-electron chi connectivity index (χ0n) is 18.3. The fraction of sp³-hybridized carbons (Fsp3) is 0.304. The van der Waals surface area contributed by atoms with Crippen molar-refractivity contribution < 1.29 is 9.59 Å². The molecule has 32 heavy (non-hydrogen) atoms. The van der Waals surface area contributed by atoms with Crippen molar-refractivity contribution in [2.45, 2.75) is 33.6 Å². The number of anilines is 2. The van der Waals surface area contributed by atoms with Gasteiger partial charge in [0.25, 0.3) is 0 Å². The maximum absolute atomic E-state index is 12.7. The molecule has 0 saturated heterocycles. The Morgan fingerprint density at radius 1 is 1.03 bits per heavy atom. The molecule has 0 spiro atoms.